The Kier molecular flexibility index (Phi) is 27.7. The van der Waals surface area contributed by atoms with E-state index in [9.17, 15) is 0 Å². The van der Waals surface area contributed by atoms with Crippen molar-refractivity contribution in [3.8, 4) is 39.0 Å². The fraction of sp³-hybridized carbons (Fsp3) is 0.595. The van der Waals surface area contributed by atoms with E-state index in [0.717, 1.165) is 83.3 Å². The molecule has 8 rings (SSSR count). The highest BCUT2D eigenvalue weighted by Gasteiger charge is 2.49. The Morgan fingerprint density at radius 2 is 0.583 bits per heavy atom. The molecule has 0 N–H and O–H groups in total. The van der Waals surface area contributed by atoms with Crippen molar-refractivity contribution in [1.82, 2.24) is 9.80 Å². The van der Waals surface area contributed by atoms with Crippen LogP contribution in [0.2, 0.25) is 0 Å². The molecule has 0 saturated heterocycles. The van der Waals surface area contributed by atoms with Crippen molar-refractivity contribution < 1.29 is 9.59 Å². The first-order valence-electron chi connectivity index (χ1n) is 33.6. The summed E-state index contributed by atoms with van der Waals surface area (Å²) in [6.07, 6.45) is 37.5. The molecule has 6 aromatic rings. The topological polar surface area (TPSA) is 40.6 Å². The van der Waals surface area contributed by atoms with E-state index in [4.69, 9.17) is 0 Å². The Morgan fingerprint density at radius 3 is 0.905 bits per heavy atom. The Morgan fingerprint density at radius 1 is 0.310 bits per heavy atom. The van der Waals surface area contributed by atoms with Gasteiger partial charge in [0.2, 0.25) is 0 Å². The van der Waals surface area contributed by atoms with E-state index in [1.807, 2.05) is 55.1 Å². The zero-order chi connectivity index (χ0) is 59.2. The maximum Gasteiger partial charge on any atom is 0.261 e. The lowest BCUT2D eigenvalue weighted by molar-refractivity contribution is -0.124. The van der Waals surface area contributed by atoms with Crippen LogP contribution < -0.4 is 0 Å². The van der Waals surface area contributed by atoms with Crippen LogP contribution in [-0.4, -0.2) is 34.7 Å². The van der Waals surface area contributed by atoms with Gasteiger partial charge in [0.05, 0.1) is 32.3 Å². The van der Waals surface area contributed by atoms with Gasteiger partial charge in [0.15, 0.2) is 0 Å². The van der Waals surface area contributed by atoms with Gasteiger partial charge in [-0.2, -0.15) is 0 Å². The lowest BCUT2D eigenvalue weighted by Gasteiger charge is -2.24. The van der Waals surface area contributed by atoms with Crippen molar-refractivity contribution in [2.45, 2.75) is 248 Å². The molecule has 2 amide bonds. The molecular weight excluding hydrogens is 1140 g/mol. The molecule has 0 radical (unpaired) electrons. The number of aryl methyl sites for hydroxylation is 2. The van der Waals surface area contributed by atoms with E-state index in [1.54, 1.807) is 22.7 Å². The molecule has 0 saturated carbocycles. The standard InChI is InChI=1S/C74H104N2O2S6/c1-9-11-13-15-17-19-21-23-25-27-51-75-71(67-49-47-65(83-67)63-45-43-61(81-63)59-41-39-57(79-59)37-35-55(7)33-29-31-53(3)4)69-70(73(75)77)72(76(74(69)78)52-28-26-24-22-20-18-16-14-12-10-2)68-50-48-66(84-68)64-46-44-62(82-64)60-42-40-58(80-60)38-36-56(8)34-30-32-54(5)6/h39-50,53-56H,9-38,51-52H2,1-8H3/t55-,56-/m0/s1. The SMILES string of the molecule is CCCCCCCCCCCCN1C(=O)C2=C(c3ccc(-c4ccc(-c5ccc(CC[C@@H](C)CCCC(C)C)s5)s4)s3)N(CCCCCCCCCCCC)C(=O)C2=C1c1ccc(-c2ccc(-c3ccc(CC[C@@H](C)CCCC(C)C)s3)s2)s1. The number of carbonyl (C=O) groups is 2. The second-order valence-corrected chi connectivity index (χ2v) is 32.5. The summed E-state index contributed by atoms with van der Waals surface area (Å²) in [6.45, 7) is 20.0. The molecule has 2 atom stereocenters. The minimum Gasteiger partial charge on any atom is -0.306 e. The summed E-state index contributed by atoms with van der Waals surface area (Å²) >= 11 is 11.1. The molecule has 4 nitrogen and oxygen atoms in total. The summed E-state index contributed by atoms with van der Waals surface area (Å²) in [6, 6.07) is 27.4. The summed E-state index contributed by atoms with van der Waals surface area (Å²) in [7, 11) is 0. The Labute approximate surface area is 533 Å². The Bertz CT molecular complexity index is 2780. The molecule has 2 aliphatic rings. The molecule has 8 heterocycles. The highest BCUT2D eigenvalue weighted by atomic mass is 32.1. The van der Waals surface area contributed by atoms with E-state index < -0.39 is 0 Å². The van der Waals surface area contributed by atoms with Crippen molar-refractivity contribution in [3.05, 3.63) is 103 Å². The average molecular weight is 1250 g/mol. The summed E-state index contributed by atoms with van der Waals surface area (Å²) < 4.78 is 0. The molecule has 2 aliphatic heterocycles. The number of fused-ring (bicyclic) bond motifs is 1. The molecule has 84 heavy (non-hydrogen) atoms. The second kappa shape index (κ2) is 35.0. The lowest BCUT2D eigenvalue weighted by atomic mass is 9.96. The number of nitrogens with zero attached hydrogens (tertiary/aromatic N) is 2. The third-order valence-corrected chi connectivity index (χ3v) is 25.0. The van der Waals surface area contributed by atoms with Crippen molar-refractivity contribution in [2.24, 2.45) is 23.7 Å². The van der Waals surface area contributed by atoms with Crippen molar-refractivity contribution in [1.29, 1.82) is 0 Å². The Balaban J connectivity index is 1.04. The van der Waals surface area contributed by atoms with E-state index in [1.165, 1.54) is 203 Å². The highest BCUT2D eigenvalue weighted by Crippen LogP contribution is 2.51. The van der Waals surface area contributed by atoms with Crippen molar-refractivity contribution >= 4 is 91.2 Å². The molecule has 458 valence electrons. The van der Waals surface area contributed by atoms with Gasteiger partial charge in [-0.3, -0.25) is 9.59 Å². The molecule has 0 bridgehead atoms. The molecular formula is C74H104N2O2S6. The normalized spacial score (nSPS) is 14.5. The van der Waals surface area contributed by atoms with Gasteiger partial charge < -0.3 is 9.80 Å². The average Bonchev–Trinajstić information content (AvgIpc) is 2.81. The van der Waals surface area contributed by atoms with Crippen LogP contribution in [0.25, 0.3) is 50.4 Å². The second-order valence-electron chi connectivity index (χ2n) is 25.8. The van der Waals surface area contributed by atoms with Crippen molar-refractivity contribution in [2.75, 3.05) is 13.1 Å². The largest absolute Gasteiger partial charge is 0.306 e. The van der Waals surface area contributed by atoms with Gasteiger partial charge in [0, 0.05) is 61.9 Å². The van der Waals surface area contributed by atoms with Gasteiger partial charge in [0.25, 0.3) is 11.8 Å². The predicted molar refractivity (Wildman–Crippen MR) is 375 cm³/mol. The smallest absolute Gasteiger partial charge is 0.261 e. The van der Waals surface area contributed by atoms with Gasteiger partial charge in [-0.05, 0) is 135 Å². The number of hydrogen-bond acceptors (Lipinski definition) is 8. The maximum atomic E-state index is 15.5. The molecule has 0 aromatic carbocycles. The van der Waals surface area contributed by atoms with Crippen LogP contribution in [0.15, 0.2) is 83.9 Å². The van der Waals surface area contributed by atoms with Crippen LogP contribution in [0.3, 0.4) is 0 Å². The van der Waals surface area contributed by atoms with Gasteiger partial charge in [-0.25, -0.2) is 0 Å². The van der Waals surface area contributed by atoms with Crippen LogP contribution in [0.4, 0.5) is 0 Å². The van der Waals surface area contributed by atoms with Crippen LogP contribution in [0.1, 0.15) is 255 Å². The number of unbranched alkanes of at least 4 members (excludes halogenated alkanes) is 18. The summed E-state index contributed by atoms with van der Waals surface area (Å²) in [5.41, 5.74) is 2.93. The predicted octanol–water partition coefficient (Wildman–Crippen LogP) is 25.2. The fourth-order valence-electron chi connectivity index (χ4n) is 12.4. The zero-order valence-corrected chi connectivity index (χ0v) is 57.9. The number of amides is 2. The minimum atomic E-state index is 0.00321. The molecule has 0 unspecified atom stereocenters. The zero-order valence-electron chi connectivity index (χ0n) is 53.0. The highest BCUT2D eigenvalue weighted by molar-refractivity contribution is 7.27. The third kappa shape index (κ3) is 19.3. The third-order valence-electron chi connectivity index (χ3n) is 17.6. The molecule has 0 fully saturated rings. The monoisotopic (exact) mass is 1240 g/mol. The van der Waals surface area contributed by atoms with Crippen LogP contribution in [0, 0.1) is 23.7 Å². The van der Waals surface area contributed by atoms with Crippen LogP contribution in [-0.2, 0) is 22.4 Å². The van der Waals surface area contributed by atoms with Gasteiger partial charge in [-0.15, -0.1) is 68.0 Å². The first kappa shape index (κ1) is 66.6. The lowest BCUT2D eigenvalue weighted by Crippen LogP contribution is -2.30. The first-order valence-corrected chi connectivity index (χ1v) is 38.5. The number of hydrogen-bond donors (Lipinski definition) is 0. The van der Waals surface area contributed by atoms with Crippen molar-refractivity contribution in [3.63, 3.8) is 0 Å². The number of thiophene rings is 6. The van der Waals surface area contributed by atoms with E-state index in [2.05, 4.69) is 128 Å². The summed E-state index contributed by atoms with van der Waals surface area (Å²) in [5.74, 6) is 3.09. The van der Waals surface area contributed by atoms with Crippen LogP contribution >= 0.6 is 68.0 Å². The molecule has 6 aromatic heterocycles. The molecule has 10 heteroatoms. The first-order chi connectivity index (χ1) is 40.9. The van der Waals surface area contributed by atoms with E-state index in [-0.39, 0.29) is 11.8 Å². The molecule has 0 spiro atoms. The summed E-state index contributed by atoms with van der Waals surface area (Å²) in [4.78, 5) is 50.3. The number of carbonyl (C=O) groups excluding carboxylic acids is 2. The summed E-state index contributed by atoms with van der Waals surface area (Å²) in [5, 5.41) is 0. The van der Waals surface area contributed by atoms with Crippen LogP contribution in [0.5, 0.6) is 0 Å². The van der Waals surface area contributed by atoms with Gasteiger partial charge in [0.1, 0.15) is 0 Å². The van der Waals surface area contributed by atoms with E-state index >= 15 is 9.59 Å². The van der Waals surface area contributed by atoms with Gasteiger partial charge in [-0.1, -0.05) is 209 Å². The van der Waals surface area contributed by atoms with E-state index in [0.29, 0.717) is 24.2 Å². The molecule has 0 aliphatic carbocycles. The maximum absolute atomic E-state index is 15.5. The minimum absolute atomic E-state index is 0.00321. The number of rotatable bonds is 42. The quantitative estimate of drug-likeness (QED) is 0.0358. The Hall–Kier alpha value is -3.38. The van der Waals surface area contributed by atoms with Gasteiger partial charge >= 0.3 is 0 Å². The fourth-order valence-corrected chi connectivity index (χ4v) is 18.9.